The highest BCUT2D eigenvalue weighted by Gasteiger charge is 2.14. The van der Waals surface area contributed by atoms with E-state index in [0.29, 0.717) is 0 Å². The molecule has 2 heterocycles. The summed E-state index contributed by atoms with van der Waals surface area (Å²) >= 11 is 5.97. The first-order valence-corrected chi connectivity index (χ1v) is 9.41. The van der Waals surface area contributed by atoms with Gasteiger partial charge in [-0.2, -0.15) is 0 Å². The molecule has 1 saturated heterocycles. The van der Waals surface area contributed by atoms with Crippen molar-refractivity contribution in [2.75, 3.05) is 38.2 Å². The van der Waals surface area contributed by atoms with E-state index in [1.165, 1.54) is 11.1 Å². The monoisotopic (exact) mass is 370 g/mol. The van der Waals surface area contributed by atoms with Crippen molar-refractivity contribution < 1.29 is 4.74 Å². The fraction of sp³-hybridized carbons (Fsp3) is 0.350. The van der Waals surface area contributed by atoms with Crippen molar-refractivity contribution in [3.05, 3.63) is 59.1 Å². The van der Waals surface area contributed by atoms with Crippen LogP contribution in [0.4, 0.5) is 5.95 Å². The Morgan fingerprint density at radius 2 is 1.77 bits per heavy atom. The maximum atomic E-state index is 5.97. The highest BCUT2D eigenvalue weighted by atomic mass is 35.5. The van der Waals surface area contributed by atoms with E-state index in [2.05, 4.69) is 33.0 Å². The molecule has 1 aliphatic rings. The van der Waals surface area contributed by atoms with Crippen LogP contribution in [0.1, 0.15) is 5.56 Å². The maximum Gasteiger partial charge on any atom is 0.204 e. The number of rotatable bonds is 6. The second-order valence-electron chi connectivity index (χ2n) is 6.51. The third kappa shape index (κ3) is 4.01. The van der Waals surface area contributed by atoms with Gasteiger partial charge in [0, 0.05) is 37.7 Å². The molecule has 1 fully saturated rings. The number of benzene rings is 2. The summed E-state index contributed by atoms with van der Waals surface area (Å²) in [6.07, 6.45) is 0. The van der Waals surface area contributed by atoms with Gasteiger partial charge in [0.15, 0.2) is 0 Å². The van der Waals surface area contributed by atoms with Gasteiger partial charge in [-0.1, -0.05) is 35.9 Å². The van der Waals surface area contributed by atoms with E-state index >= 15 is 0 Å². The molecular weight excluding hydrogens is 348 g/mol. The number of morpholine rings is 1. The number of ether oxygens (including phenoxy) is 1. The standard InChI is InChI=1S/C20H23ClN4O/c21-17-7-5-16(6-8-17)15-22-20-23-18-3-1-2-4-19(18)25(20)10-9-24-11-13-26-14-12-24/h1-8H,9-15H2,(H,22,23). The van der Waals surface area contributed by atoms with Crippen molar-refractivity contribution in [2.24, 2.45) is 0 Å². The largest absolute Gasteiger partial charge is 0.379 e. The van der Waals surface area contributed by atoms with Gasteiger partial charge < -0.3 is 14.6 Å². The summed E-state index contributed by atoms with van der Waals surface area (Å²) in [5.41, 5.74) is 3.37. The van der Waals surface area contributed by atoms with Crippen molar-refractivity contribution in [3.8, 4) is 0 Å². The van der Waals surface area contributed by atoms with Crippen LogP contribution in [-0.4, -0.2) is 47.3 Å². The lowest BCUT2D eigenvalue weighted by molar-refractivity contribution is 0.0366. The van der Waals surface area contributed by atoms with Crippen molar-refractivity contribution in [2.45, 2.75) is 13.1 Å². The molecule has 6 heteroatoms. The zero-order valence-electron chi connectivity index (χ0n) is 14.7. The molecular formula is C20H23ClN4O. The third-order valence-electron chi connectivity index (χ3n) is 4.76. The summed E-state index contributed by atoms with van der Waals surface area (Å²) in [5.74, 6) is 0.911. The minimum Gasteiger partial charge on any atom is -0.379 e. The van der Waals surface area contributed by atoms with Gasteiger partial charge in [0.1, 0.15) is 0 Å². The van der Waals surface area contributed by atoms with Crippen LogP contribution < -0.4 is 5.32 Å². The predicted octanol–water partition coefficient (Wildman–Crippen LogP) is 3.63. The molecule has 0 aliphatic carbocycles. The highest BCUT2D eigenvalue weighted by molar-refractivity contribution is 6.30. The number of nitrogens with one attached hydrogen (secondary N) is 1. The van der Waals surface area contributed by atoms with Gasteiger partial charge in [0.25, 0.3) is 0 Å². The SMILES string of the molecule is Clc1ccc(CNc2nc3ccccc3n2CCN2CCOCC2)cc1. The topological polar surface area (TPSA) is 42.3 Å². The van der Waals surface area contributed by atoms with Crippen molar-refractivity contribution in [3.63, 3.8) is 0 Å². The summed E-state index contributed by atoms with van der Waals surface area (Å²) in [5, 5.41) is 4.25. The van der Waals surface area contributed by atoms with Gasteiger partial charge in [-0.15, -0.1) is 0 Å². The molecule has 0 spiro atoms. The lowest BCUT2D eigenvalue weighted by atomic mass is 10.2. The minimum absolute atomic E-state index is 0.720. The fourth-order valence-corrected chi connectivity index (χ4v) is 3.41. The van der Waals surface area contributed by atoms with Crippen LogP contribution >= 0.6 is 11.6 Å². The summed E-state index contributed by atoms with van der Waals surface area (Å²) in [4.78, 5) is 7.24. The van der Waals surface area contributed by atoms with E-state index in [1.54, 1.807) is 0 Å². The number of nitrogens with zero attached hydrogens (tertiary/aromatic N) is 3. The Balaban J connectivity index is 1.51. The molecule has 4 rings (SSSR count). The van der Waals surface area contributed by atoms with E-state index in [-0.39, 0.29) is 0 Å². The number of hydrogen-bond donors (Lipinski definition) is 1. The first-order chi connectivity index (χ1) is 12.8. The van der Waals surface area contributed by atoms with Gasteiger partial charge in [-0.3, -0.25) is 4.90 Å². The molecule has 1 N–H and O–H groups in total. The fourth-order valence-electron chi connectivity index (χ4n) is 3.29. The zero-order chi connectivity index (χ0) is 17.8. The molecule has 0 unspecified atom stereocenters. The third-order valence-corrected chi connectivity index (χ3v) is 5.01. The Bertz CT molecular complexity index is 856. The lowest BCUT2D eigenvalue weighted by Gasteiger charge is -2.27. The molecule has 1 aromatic heterocycles. The molecule has 0 radical (unpaired) electrons. The van der Waals surface area contributed by atoms with Gasteiger partial charge in [0.2, 0.25) is 5.95 Å². The molecule has 3 aromatic rings. The molecule has 2 aromatic carbocycles. The van der Waals surface area contributed by atoms with E-state index in [9.17, 15) is 0 Å². The van der Waals surface area contributed by atoms with E-state index < -0.39 is 0 Å². The van der Waals surface area contributed by atoms with Crippen LogP contribution in [0.5, 0.6) is 0 Å². The zero-order valence-corrected chi connectivity index (χ0v) is 15.5. The number of aromatic nitrogens is 2. The Kier molecular flexibility index (Phi) is 5.39. The molecule has 0 bridgehead atoms. The molecule has 0 atom stereocenters. The van der Waals surface area contributed by atoms with Crippen LogP contribution in [0.2, 0.25) is 5.02 Å². The van der Waals surface area contributed by atoms with Crippen LogP contribution in [0, 0.1) is 0 Å². The molecule has 5 nitrogen and oxygen atoms in total. The number of hydrogen-bond acceptors (Lipinski definition) is 4. The predicted molar refractivity (Wildman–Crippen MR) is 106 cm³/mol. The maximum absolute atomic E-state index is 5.97. The average Bonchev–Trinajstić information content (AvgIpc) is 3.04. The van der Waals surface area contributed by atoms with E-state index in [4.69, 9.17) is 21.3 Å². The van der Waals surface area contributed by atoms with Crippen LogP contribution in [0.25, 0.3) is 11.0 Å². The molecule has 26 heavy (non-hydrogen) atoms. The summed E-state index contributed by atoms with van der Waals surface area (Å²) in [6, 6.07) is 16.2. The quantitative estimate of drug-likeness (QED) is 0.719. The Hall–Kier alpha value is -2.08. The van der Waals surface area contributed by atoms with E-state index in [1.807, 2.05) is 30.3 Å². The Morgan fingerprint density at radius 3 is 2.58 bits per heavy atom. The normalized spacial score (nSPS) is 15.4. The minimum atomic E-state index is 0.720. The van der Waals surface area contributed by atoms with Crippen molar-refractivity contribution in [1.29, 1.82) is 0 Å². The number of fused-ring (bicyclic) bond motifs is 1. The second-order valence-corrected chi connectivity index (χ2v) is 6.95. The second kappa shape index (κ2) is 8.08. The van der Waals surface area contributed by atoms with Crippen LogP contribution in [-0.2, 0) is 17.8 Å². The lowest BCUT2D eigenvalue weighted by Crippen LogP contribution is -2.38. The highest BCUT2D eigenvalue weighted by Crippen LogP contribution is 2.20. The van der Waals surface area contributed by atoms with Crippen LogP contribution in [0.15, 0.2) is 48.5 Å². The number of para-hydroxylation sites is 2. The Labute approximate surface area is 158 Å². The molecule has 136 valence electrons. The molecule has 0 amide bonds. The first kappa shape index (κ1) is 17.3. The van der Waals surface area contributed by atoms with Gasteiger partial charge in [-0.05, 0) is 29.8 Å². The van der Waals surface area contributed by atoms with Gasteiger partial charge in [0.05, 0.1) is 24.2 Å². The van der Waals surface area contributed by atoms with Crippen LogP contribution in [0.3, 0.4) is 0 Å². The average molecular weight is 371 g/mol. The summed E-state index contributed by atoms with van der Waals surface area (Å²) in [7, 11) is 0. The number of anilines is 1. The first-order valence-electron chi connectivity index (χ1n) is 9.03. The number of halogens is 1. The summed E-state index contributed by atoms with van der Waals surface area (Å²) in [6.45, 7) is 6.28. The number of imidazole rings is 1. The molecule has 0 saturated carbocycles. The van der Waals surface area contributed by atoms with Gasteiger partial charge >= 0.3 is 0 Å². The van der Waals surface area contributed by atoms with Crippen molar-refractivity contribution >= 4 is 28.6 Å². The van der Waals surface area contributed by atoms with Gasteiger partial charge in [-0.25, -0.2) is 4.98 Å². The Morgan fingerprint density at radius 1 is 1.00 bits per heavy atom. The molecule has 1 aliphatic heterocycles. The smallest absolute Gasteiger partial charge is 0.204 e. The summed E-state index contributed by atoms with van der Waals surface area (Å²) < 4.78 is 7.72. The van der Waals surface area contributed by atoms with Crippen molar-refractivity contribution in [1.82, 2.24) is 14.5 Å². The van der Waals surface area contributed by atoms with E-state index in [0.717, 1.165) is 62.4 Å².